The quantitative estimate of drug-likeness (QED) is 0.633. The van der Waals surface area contributed by atoms with E-state index in [0.717, 1.165) is 28.6 Å². The van der Waals surface area contributed by atoms with Crippen molar-refractivity contribution in [2.75, 3.05) is 5.73 Å². The molecule has 130 valence electrons. The van der Waals surface area contributed by atoms with E-state index >= 15 is 0 Å². The summed E-state index contributed by atoms with van der Waals surface area (Å²) in [5.74, 6) is 0.146. The minimum atomic E-state index is -4.41. The van der Waals surface area contributed by atoms with E-state index < -0.39 is 11.7 Å². The first-order valence-electron chi connectivity index (χ1n) is 7.39. The molecule has 25 heavy (non-hydrogen) atoms. The second-order valence-electron chi connectivity index (χ2n) is 5.64. The molecule has 0 radical (unpaired) electrons. The molecule has 3 aromatic rings. The van der Waals surface area contributed by atoms with E-state index in [4.69, 9.17) is 22.1 Å². The number of aromatic nitrogens is 1. The molecule has 1 heterocycles. The van der Waals surface area contributed by atoms with Gasteiger partial charge < -0.3 is 10.5 Å². The first-order chi connectivity index (χ1) is 11.7. The molecule has 0 spiro atoms. The van der Waals surface area contributed by atoms with E-state index in [0.29, 0.717) is 11.2 Å². The van der Waals surface area contributed by atoms with Crippen LogP contribution in [0.1, 0.15) is 16.7 Å². The molecule has 0 atom stereocenters. The van der Waals surface area contributed by atoms with E-state index in [1.165, 1.54) is 12.1 Å². The molecule has 0 unspecified atom stereocenters. The Morgan fingerprint density at radius 3 is 2.64 bits per heavy atom. The summed E-state index contributed by atoms with van der Waals surface area (Å²) in [5.41, 5.74) is 8.00. The van der Waals surface area contributed by atoms with Crippen LogP contribution in [0.3, 0.4) is 0 Å². The third kappa shape index (κ3) is 3.79. The molecule has 0 aliphatic heterocycles. The molecule has 3 nitrogen and oxygen atoms in total. The number of hydrogen-bond acceptors (Lipinski definition) is 3. The summed E-state index contributed by atoms with van der Waals surface area (Å²) in [5, 5.41) is 1.04. The minimum Gasteiger partial charge on any atom is -0.489 e. The highest BCUT2D eigenvalue weighted by atomic mass is 35.5. The topological polar surface area (TPSA) is 48.1 Å². The number of anilines is 1. The van der Waals surface area contributed by atoms with Crippen LogP contribution in [-0.2, 0) is 12.8 Å². The summed E-state index contributed by atoms with van der Waals surface area (Å²) < 4.78 is 43.8. The summed E-state index contributed by atoms with van der Waals surface area (Å²) in [7, 11) is 0. The van der Waals surface area contributed by atoms with Crippen molar-refractivity contribution in [3.8, 4) is 5.75 Å². The third-order valence-electron chi connectivity index (χ3n) is 3.82. The Balaban J connectivity index is 1.87. The number of rotatable bonds is 3. The second-order valence-corrected chi connectivity index (χ2v) is 6.03. The van der Waals surface area contributed by atoms with Crippen LogP contribution in [-0.4, -0.2) is 4.98 Å². The molecule has 0 bridgehead atoms. The Kier molecular flexibility index (Phi) is 4.47. The van der Waals surface area contributed by atoms with Crippen molar-refractivity contribution in [3.63, 3.8) is 0 Å². The maximum absolute atomic E-state index is 12.8. The lowest BCUT2D eigenvalue weighted by atomic mass is 10.0. The highest BCUT2D eigenvalue weighted by Gasteiger charge is 2.30. The lowest BCUT2D eigenvalue weighted by Gasteiger charge is -2.13. The minimum absolute atomic E-state index is 0.108. The zero-order valence-electron chi connectivity index (χ0n) is 13.2. The van der Waals surface area contributed by atoms with E-state index in [9.17, 15) is 13.2 Å². The summed E-state index contributed by atoms with van der Waals surface area (Å²) in [6.45, 7) is 1.98. The Bertz CT molecular complexity index is 941. The summed E-state index contributed by atoms with van der Waals surface area (Å²) >= 11 is 5.92. The number of hydrogen-bond donors (Lipinski definition) is 1. The fourth-order valence-electron chi connectivity index (χ4n) is 2.50. The average molecular weight is 367 g/mol. The third-order valence-corrected chi connectivity index (χ3v) is 4.02. The molecule has 0 saturated heterocycles. The first-order valence-corrected chi connectivity index (χ1v) is 7.77. The van der Waals surface area contributed by atoms with Gasteiger partial charge in [-0.3, -0.25) is 0 Å². The van der Waals surface area contributed by atoms with Crippen LogP contribution in [0, 0.1) is 6.92 Å². The predicted molar refractivity (Wildman–Crippen MR) is 91.7 cm³/mol. The van der Waals surface area contributed by atoms with E-state index in [2.05, 4.69) is 4.98 Å². The van der Waals surface area contributed by atoms with Gasteiger partial charge in [0.05, 0.1) is 11.1 Å². The van der Waals surface area contributed by atoms with Crippen molar-refractivity contribution in [2.45, 2.75) is 19.7 Å². The molecule has 3 rings (SSSR count). The summed E-state index contributed by atoms with van der Waals surface area (Å²) in [6.07, 6.45) is -4.41. The van der Waals surface area contributed by atoms with Crippen molar-refractivity contribution in [1.29, 1.82) is 0 Å². The molecule has 0 fully saturated rings. The standard InChI is InChI=1S/C18H14ClF3N2O/c1-10-5-14-15(23)8-17(19)24-16(14)6-11(10)9-25-13-4-2-3-12(7-13)18(20,21)22/h2-8H,9H2,1H3,(H2,23,24). The van der Waals surface area contributed by atoms with Gasteiger partial charge in [-0.2, -0.15) is 13.2 Å². The number of benzene rings is 2. The maximum Gasteiger partial charge on any atom is 0.416 e. The second kappa shape index (κ2) is 6.44. The van der Waals surface area contributed by atoms with Gasteiger partial charge in [-0.05, 0) is 54.4 Å². The Labute approximate surface area is 147 Å². The van der Waals surface area contributed by atoms with Crippen molar-refractivity contribution in [1.82, 2.24) is 4.98 Å². The smallest absolute Gasteiger partial charge is 0.416 e. The molecule has 0 aliphatic carbocycles. The van der Waals surface area contributed by atoms with Crippen LogP contribution in [0.2, 0.25) is 5.15 Å². The van der Waals surface area contributed by atoms with Gasteiger partial charge in [0.2, 0.25) is 0 Å². The summed E-state index contributed by atoms with van der Waals surface area (Å²) in [6, 6.07) is 9.99. The van der Waals surface area contributed by atoms with Crippen LogP contribution in [0.4, 0.5) is 18.9 Å². The number of pyridine rings is 1. The van der Waals surface area contributed by atoms with Gasteiger partial charge >= 0.3 is 6.18 Å². The van der Waals surface area contributed by atoms with Crippen molar-refractivity contribution >= 4 is 28.2 Å². The number of nitrogen functional groups attached to an aromatic ring is 1. The molecule has 1 aromatic heterocycles. The molecular formula is C18H14ClF3N2O. The molecule has 0 aliphatic rings. The molecule has 0 saturated carbocycles. The van der Waals surface area contributed by atoms with Crippen LogP contribution in [0.25, 0.3) is 10.9 Å². The number of ether oxygens (including phenoxy) is 1. The van der Waals surface area contributed by atoms with Crippen molar-refractivity contribution < 1.29 is 17.9 Å². The predicted octanol–water partition coefficient (Wildman–Crippen LogP) is 5.38. The van der Waals surface area contributed by atoms with Gasteiger partial charge in [0.15, 0.2) is 0 Å². The van der Waals surface area contributed by atoms with Crippen LogP contribution in [0.5, 0.6) is 5.75 Å². The van der Waals surface area contributed by atoms with Crippen LogP contribution in [0.15, 0.2) is 42.5 Å². The van der Waals surface area contributed by atoms with Crippen LogP contribution >= 0.6 is 11.6 Å². The highest BCUT2D eigenvalue weighted by molar-refractivity contribution is 6.30. The van der Waals surface area contributed by atoms with E-state index in [-0.39, 0.29) is 17.5 Å². The molecule has 0 amide bonds. The Morgan fingerprint density at radius 2 is 1.92 bits per heavy atom. The SMILES string of the molecule is Cc1cc2c(N)cc(Cl)nc2cc1COc1cccc(C(F)(F)F)c1. The zero-order valence-corrected chi connectivity index (χ0v) is 13.9. The van der Waals surface area contributed by atoms with Crippen molar-refractivity contribution in [2.24, 2.45) is 0 Å². The monoisotopic (exact) mass is 366 g/mol. The Morgan fingerprint density at radius 1 is 1.16 bits per heavy atom. The van der Waals surface area contributed by atoms with E-state index in [1.807, 2.05) is 13.0 Å². The molecule has 2 aromatic carbocycles. The molecular weight excluding hydrogens is 353 g/mol. The Hall–Kier alpha value is -2.47. The van der Waals surface area contributed by atoms with Gasteiger partial charge in [0.1, 0.15) is 17.5 Å². The molecule has 7 heteroatoms. The number of nitrogens with two attached hydrogens (primary N) is 1. The number of fused-ring (bicyclic) bond motifs is 1. The molecule has 2 N–H and O–H groups in total. The maximum atomic E-state index is 12.8. The average Bonchev–Trinajstić information content (AvgIpc) is 2.53. The zero-order chi connectivity index (χ0) is 18.2. The van der Waals surface area contributed by atoms with Crippen molar-refractivity contribution in [3.05, 3.63) is 64.3 Å². The van der Waals surface area contributed by atoms with E-state index in [1.54, 1.807) is 12.1 Å². The lowest BCUT2D eigenvalue weighted by molar-refractivity contribution is -0.137. The lowest BCUT2D eigenvalue weighted by Crippen LogP contribution is -2.05. The fourth-order valence-corrected chi connectivity index (χ4v) is 2.70. The number of nitrogens with zero attached hydrogens (tertiary/aromatic N) is 1. The summed E-state index contributed by atoms with van der Waals surface area (Å²) in [4.78, 5) is 4.22. The largest absolute Gasteiger partial charge is 0.489 e. The van der Waals surface area contributed by atoms with Gasteiger partial charge in [0, 0.05) is 11.1 Å². The normalized spacial score (nSPS) is 11.7. The van der Waals surface area contributed by atoms with Crippen LogP contribution < -0.4 is 10.5 Å². The number of alkyl halides is 3. The fraction of sp³-hybridized carbons (Fsp3) is 0.167. The highest BCUT2D eigenvalue weighted by Crippen LogP contribution is 2.32. The number of aryl methyl sites for hydroxylation is 1. The van der Waals surface area contributed by atoms with Gasteiger partial charge in [0.25, 0.3) is 0 Å². The van der Waals surface area contributed by atoms with Gasteiger partial charge in [-0.15, -0.1) is 0 Å². The number of halogens is 4. The first kappa shape index (κ1) is 17.4. The van der Waals surface area contributed by atoms with Gasteiger partial charge in [-0.1, -0.05) is 17.7 Å². The van der Waals surface area contributed by atoms with Gasteiger partial charge in [-0.25, -0.2) is 4.98 Å².